The molecule has 0 aromatic heterocycles. The maximum absolute atomic E-state index is 12.9. The molecule has 3 saturated carbocycles. The molecule has 0 radical (unpaired) electrons. The minimum atomic E-state index is -0.731. The molecule has 0 unspecified atom stereocenters. The van der Waals surface area contributed by atoms with E-state index in [-0.39, 0.29) is 29.8 Å². The molecule has 0 aromatic carbocycles. The van der Waals surface area contributed by atoms with Crippen LogP contribution in [0.2, 0.25) is 0 Å². The molecule has 2 bridgehead atoms. The molecule has 0 amide bonds. The van der Waals surface area contributed by atoms with Crippen molar-refractivity contribution in [2.24, 2.45) is 29.1 Å². The van der Waals surface area contributed by atoms with Gasteiger partial charge in [0.25, 0.3) is 0 Å². The van der Waals surface area contributed by atoms with Gasteiger partial charge in [-0.1, -0.05) is 18.7 Å². The second kappa shape index (κ2) is 5.44. The second-order valence-corrected chi connectivity index (χ2v) is 8.27. The topological polar surface area (TPSA) is 72.8 Å². The summed E-state index contributed by atoms with van der Waals surface area (Å²) < 4.78 is 11.2. The van der Waals surface area contributed by atoms with Crippen LogP contribution in [0.1, 0.15) is 38.5 Å². The van der Waals surface area contributed by atoms with E-state index in [0.717, 1.165) is 25.7 Å². The van der Waals surface area contributed by atoms with E-state index in [4.69, 9.17) is 9.47 Å². The third-order valence-corrected chi connectivity index (χ3v) is 7.43. The number of ether oxygens (including phenoxy) is 2. The lowest BCUT2D eigenvalue weighted by molar-refractivity contribution is -0.157. The zero-order valence-electron chi connectivity index (χ0n) is 14.8. The number of aliphatic hydroxyl groups is 1. The monoisotopic (exact) mass is 346 g/mol. The van der Waals surface area contributed by atoms with Gasteiger partial charge in [-0.2, -0.15) is 0 Å². The van der Waals surface area contributed by atoms with Crippen molar-refractivity contribution in [2.45, 2.75) is 44.1 Å². The standard InChI is InChI=1S/C20H26O5/c1-11-9-19-10-13(11)5-6-14(19)20(7-4-8-21)15(12(2)17(22)25-20)16(19)18(23)24-3/h13-16,21H,1-2,4-10H2,3H3/t13-,14-,15+,16-,19+,20-/m1/s1. The van der Waals surface area contributed by atoms with Crippen LogP contribution in [0.25, 0.3) is 0 Å². The first-order valence-electron chi connectivity index (χ1n) is 9.20. The minimum Gasteiger partial charge on any atom is -0.469 e. The van der Waals surface area contributed by atoms with Crippen LogP contribution in [0.5, 0.6) is 0 Å². The van der Waals surface area contributed by atoms with Gasteiger partial charge >= 0.3 is 11.9 Å². The molecule has 0 aromatic rings. The molecule has 25 heavy (non-hydrogen) atoms. The van der Waals surface area contributed by atoms with Gasteiger partial charge < -0.3 is 14.6 Å². The van der Waals surface area contributed by atoms with E-state index in [0.29, 0.717) is 24.3 Å². The number of carbonyl (C=O) groups excluding carboxylic acids is 2. The highest BCUT2D eigenvalue weighted by atomic mass is 16.6. The number of carbonyl (C=O) groups is 2. The third-order valence-electron chi connectivity index (χ3n) is 7.43. The summed E-state index contributed by atoms with van der Waals surface area (Å²) in [7, 11) is 1.41. The molecule has 4 fully saturated rings. The van der Waals surface area contributed by atoms with E-state index in [1.807, 2.05) is 0 Å². The lowest BCUT2D eigenvalue weighted by Crippen LogP contribution is -2.44. The van der Waals surface area contributed by atoms with Crippen molar-refractivity contribution in [3.63, 3.8) is 0 Å². The number of esters is 2. The van der Waals surface area contributed by atoms with E-state index in [2.05, 4.69) is 13.2 Å². The fraction of sp³-hybridized carbons (Fsp3) is 0.700. The van der Waals surface area contributed by atoms with Gasteiger partial charge in [-0.15, -0.1) is 0 Å². The lowest BCUT2D eigenvalue weighted by atomic mass is 9.63. The average Bonchev–Trinajstić information content (AvgIpc) is 3.09. The van der Waals surface area contributed by atoms with Gasteiger partial charge in [0, 0.05) is 24.0 Å². The molecular weight excluding hydrogens is 320 g/mol. The second-order valence-electron chi connectivity index (χ2n) is 8.27. The van der Waals surface area contributed by atoms with Crippen LogP contribution < -0.4 is 0 Å². The van der Waals surface area contributed by atoms with Crippen LogP contribution in [-0.2, 0) is 19.1 Å². The number of hydrogen-bond acceptors (Lipinski definition) is 5. The van der Waals surface area contributed by atoms with Crippen LogP contribution in [0.15, 0.2) is 24.3 Å². The summed E-state index contributed by atoms with van der Waals surface area (Å²) in [6.07, 6.45) is 4.76. The number of rotatable bonds is 4. The molecule has 5 nitrogen and oxygen atoms in total. The van der Waals surface area contributed by atoms with Gasteiger partial charge in [-0.3, -0.25) is 4.79 Å². The maximum atomic E-state index is 12.9. The molecule has 1 heterocycles. The van der Waals surface area contributed by atoms with Crippen molar-refractivity contribution in [3.8, 4) is 0 Å². The molecular formula is C20H26O5. The van der Waals surface area contributed by atoms with Crippen molar-refractivity contribution in [3.05, 3.63) is 24.3 Å². The Hall–Kier alpha value is -1.62. The van der Waals surface area contributed by atoms with Gasteiger partial charge in [-0.05, 0) is 49.9 Å². The summed E-state index contributed by atoms with van der Waals surface area (Å²) in [5, 5.41) is 9.40. The van der Waals surface area contributed by atoms with Crippen LogP contribution in [0, 0.1) is 29.1 Å². The van der Waals surface area contributed by atoms with Crippen LogP contribution in [0.3, 0.4) is 0 Å². The number of hydrogen-bond donors (Lipinski definition) is 1. The minimum absolute atomic E-state index is 0.0381. The highest BCUT2D eigenvalue weighted by molar-refractivity contribution is 5.94. The Labute approximate surface area is 148 Å². The SMILES string of the molecule is C=C1C[C@]23C[C@H]1CC[C@H]2[C@@]1(CCCO)OC(=O)C(=C)[C@H]1[C@@H]3C(=O)OC. The molecule has 1 spiro atoms. The maximum Gasteiger partial charge on any atom is 0.334 e. The Bertz CT molecular complexity index is 667. The molecule has 4 rings (SSSR count). The zero-order valence-corrected chi connectivity index (χ0v) is 14.8. The summed E-state index contributed by atoms with van der Waals surface area (Å²) in [4.78, 5) is 25.3. The van der Waals surface area contributed by atoms with Crippen LogP contribution in [0.4, 0.5) is 0 Å². The number of methoxy groups -OCH3 is 1. The van der Waals surface area contributed by atoms with Crippen LogP contribution in [-0.4, -0.2) is 36.4 Å². The zero-order chi connectivity index (χ0) is 18.0. The Morgan fingerprint density at radius 1 is 1.40 bits per heavy atom. The molecule has 4 aliphatic rings. The van der Waals surface area contributed by atoms with Gasteiger partial charge in [0.05, 0.1) is 13.0 Å². The third kappa shape index (κ3) is 1.93. The fourth-order valence-corrected chi connectivity index (χ4v) is 6.71. The summed E-state index contributed by atoms with van der Waals surface area (Å²) in [6.45, 7) is 8.29. The van der Waals surface area contributed by atoms with E-state index in [1.54, 1.807) is 0 Å². The van der Waals surface area contributed by atoms with Gasteiger partial charge in [0.1, 0.15) is 5.60 Å². The van der Waals surface area contributed by atoms with E-state index in [1.165, 1.54) is 12.7 Å². The van der Waals surface area contributed by atoms with E-state index < -0.39 is 17.5 Å². The molecule has 1 N–H and O–H groups in total. The first kappa shape index (κ1) is 16.8. The molecule has 3 aliphatic carbocycles. The van der Waals surface area contributed by atoms with Gasteiger partial charge in [0.15, 0.2) is 0 Å². The quantitative estimate of drug-likeness (QED) is 0.481. The molecule has 1 aliphatic heterocycles. The summed E-state index contributed by atoms with van der Waals surface area (Å²) >= 11 is 0. The van der Waals surface area contributed by atoms with Gasteiger partial charge in [0.2, 0.25) is 0 Å². The smallest absolute Gasteiger partial charge is 0.334 e. The summed E-state index contributed by atoms with van der Waals surface area (Å²) in [5.74, 6) is -0.891. The van der Waals surface area contributed by atoms with Crippen molar-refractivity contribution in [2.75, 3.05) is 13.7 Å². The fourth-order valence-electron chi connectivity index (χ4n) is 6.71. The van der Waals surface area contributed by atoms with Gasteiger partial charge in [-0.25, -0.2) is 4.79 Å². The van der Waals surface area contributed by atoms with Crippen molar-refractivity contribution >= 4 is 11.9 Å². The predicted molar refractivity (Wildman–Crippen MR) is 90.3 cm³/mol. The van der Waals surface area contributed by atoms with Crippen molar-refractivity contribution in [1.82, 2.24) is 0 Å². The van der Waals surface area contributed by atoms with E-state index in [9.17, 15) is 14.7 Å². The van der Waals surface area contributed by atoms with E-state index >= 15 is 0 Å². The highest BCUT2D eigenvalue weighted by Gasteiger charge is 2.76. The Morgan fingerprint density at radius 2 is 2.16 bits per heavy atom. The number of fused-ring (bicyclic) bond motifs is 3. The number of allylic oxidation sites excluding steroid dienone is 1. The highest BCUT2D eigenvalue weighted by Crippen LogP contribution is 2.74. The molecule has 136 valence electrons. The largest absolute Gasteiger partial charge is 0.469 e. The Morgan fingerprint density at radius 3 is 2.84 bits per heavy atom. The van der Waals surface area contributed by atoms with Crippen molar-refractivity contribution in [1.29, 1.82) is 0 Å². The number of aliphatic hydroxyl groups excluding tert-OH is 1. The predicted octanol–water partition coefficient (Wildman–Crippen LogP) is 2.39. The first-order chi connectivity index (χ1) is 11.9. The van der Waals surface area contributed by atoms with Crippen molar-refractivity contribution < 1.29 is 24.2 Å². The summed E-state index contributed by atoms with van der Waals surface area (Å²) in [6, 6.07) is 0. The Kier molecular flexibility index (Phi) is 3.66. The lowest BCUT2D eigenvalue weighted by Gasteiger charge is -2.43. The normalized spacial score (nSPS) is 44.5. The first-order valence-corrected chi connectivity index (χ1v) is 9.20. The van der Waals surface area contributed by atoms with Crippen LogP contribution >= 0.6 is 0 Å². The summed E-state index contributed by atoms with van der Waals surface area (Å²) in [5.41, 5.74) is 0.624. The molecule has 5 heteroatoms. The molecule has 6 atom stereocenters. The average molecular weight is 346 g/mol. The molecule has 1 saturated heterocycles. The Balaban J connectivity index is 1.88.